The van der Waals surface area contributed by atoms with Gasteiger partial charge >= 0.3 is 0 Å². The molecule has 0 N–H and O–H groups in total. The average Bonchev–Trinajstić information content (AvgIpc) is 3.10. The minimum absolute atomic E-state index is 0.0446. The van der Waals surface area contributed by atoms with Crippen LogP contribution in [0.2, 0.25) is 0 Å². The highest BCUT2D eigenvalue weighted by molar-refractivity contribution is 6.24. The van der Waals surface area contributed by atoms with Gasteiger partial charge in [0.15, 0.2) is 0 Å². The van der Waals surface area contributed by atoms with Crippen molar-refractivity contribution in [1.82, 2.24) is 4.90 Å². The van der Waals surface area contributed by atoms with Crippen LogP contribution in [0.1, 0.15) is 33.2 Å². The smallest absolute Gasteiger partial charge is 0.282 e. The topological polar surface area (TPSA) is 101 Å². The van der Waals surface area contributed by atoms with Gasteiger partial charge in [0.2, 0.25) is 5.91 Å². The molecule has 27 heavy (non-hydrogen) atoms. The van der Waals surface area contributed by atoms with Crippen molar-refractivity contribution >= 4 is 29.1 Å². The van der Waals surface area contributed by atoms with Crippen molar-refractivity contribution < 1.29 is 19.3 Å². The zero-order chi connectivity index (χ0) is 19.3. The average molecular weight is 365 g/mol. The molecule has 2 heterocycles. The predicted molar refractivity (Wildman–Crippen MR) is 95.6 cm³/mol. The lowest BCUT2D eigenvalue weighted by molar-refractivity contribution is -0.385. The van der Waals surface area contributed by atoms with Crippen LogP contribution in [0, 0.1) is 10.1 Å². The van der Waals surface area contributed by atoms with E-state index in [0.717, 1.165) is 16.2 Å². The first-order chi connectivity index (χ1) is 12.9. The van der Waals surface area contributed by atoms with E-state index in [1.807, 2.05) is 31.2 Å². The number of amides is 3. The highest BCUT2D eigenvalue weighted by Gasteiger charge is 2.43. The molecule has 8 heteroatoms. The van der Waals surface area contributed by atoms with Crippen LogP contribution in [-0.2, 0) is 11.2 Å². The maximum absolute atomic E-state index is 12.9. The van der Waals surface area contributed by atoms with Gasteiger partial charge in [-0.25, -0.2) is 0 Å². The Morgan fingerprint density at radius 3 is 2.63 bits per heavy atom. The summed E-state index contributed by atoms with van der Waals surface area (Å²) in [6, 6.07) is 11.3. The molecule has 1 atom stereocenters. The molecule has 3 amide bonds. The normalized spacial score (nSPS) is 17.9. The number of nitro groups is 1. The van der Waals surface area contributed by atoms with Crippen LogP contribution in [0.25, 0.3) is 0 Å². The van der Waals surface area contributed by atoms with E-state index in [2.05, 4.69) is 0 Å². The summed E-state index contributed by atoms with van der Waals surface area (Å²) in [5.41, 5.74) is 1.06. The molecule has 2 aliphatic rings. The fraction of sp³-hybridized carbons (Fsp3) is 0.211. The number of nitro benzene ring substituents is 1. The van der Waals surface area contributed by atoms with Crippen LogP contribution in [0.15, 0.2) is 42.5 Å². The van der Waals surface area contributed by atoms with Crippen LogP contribution in [0.3, 0.4) is 0 Å². The number of para-hydroxylation sites is 1. The Bertz CT molecular complexity index is 1020. The molecule has 0 saturated heterocycles. The molecule has 136 valence electrons. The van der Waals surface area contributed by atoms with Crippen molar-refractivity contribution in [3.63, 3.8) is 0 Å². The van der Waals surface area contributed by atoms with Crippen LogP contribution < -0.4 is 4.90 Å². The second-order valence-corrected chi connectivity index (χ2v) is 6.60. The molecule has 0 spiro atoms. The largest absolute Gasteiger partial charge is 0.307 e. The molecular formula is C19H15N3O5. The van der Waals surface area contributed by atoms with Crippen molar-refractivity contribution in [2.24, 2.45) is 0 Å². The zero-order valence-electron chi connectivity index (χ0n) is 14.4. The first-order valence-electron chi connectivity index (χ1n) is 8.43. The summed E-state index contributed by atoms with van der Waals surface area (Å²) >= 11 is 0. The van der Waals surface area contributed by atoms with E-state index >= 15 is 0 Å². The van der Waals surface area contributed by atoms with E-state index < -0.39 is 34.9 Å². The van der Waals surface area contributed by atoms with Crippen LogP contribution in [0.5, 0.6) is 0 Å². The van der Waals surface area contributed by atoms with Gasteiger partial charge in [-0.2, -0.15) is 0 Å². The third kappa shape index (κ3) is 2.49. The summed E-state index contributed by atoms with van der Waals surface area (Å²) in [5.74, 6) is -1.90. The molecule has 0 radical (unpaired) electrons. The molecule has 0 fully saturated rings. The van der Waals surface area contributed by atoms with Gasteiger partial charge in [0, 0.05) is 17.8 Å². The number of rotatable bonds is 3. The van der Waals surface area contributed by atoms with Gasteiger partial charge in [-0.05, 0) is 31.0 Å². The van der Waals surface area contributed by atoms with Gasteiger partial charge in [-0.3, -0.25) is 29.4 Å². The SMILES string of the molecule is CC1Cc2ccccc2N1C(=O)CN1C(=O)c2cccc([N+](=O)[O-])c2C1=O. The summed E-state index contributed by atoms with van der Waals surface area (Å²) in [6.45, 7) is 1.44. The Morgan fingerprint density at radius 2 is 1.89 bits per heavy atom. The Labute approximate surface area is 154 Å². The maximum Gasteiger partial charge on any atom is 0.282 e. The van der Waals surface area contributed by atoms with Gasteiger partial charge in [0.05, 0.1) is 10.5 Å². The highest BCUT2D eigenvalue weighted by atomic mass is 16.6. The molecule has 0 bridgehead atoms. The first kappa shape index (κ1) is 16.9. The van der Waals surface area contributed by atoms with Crippen molar-refractivity contribution in [2.45, 2.75) is 19.4 Å². The summed E-state index contributed by atoms with van der Waals surface area (Å²) in [4.78, 5) is 50.9. The fourth-order valence-corrected chi connectivity index (χ4v) is 3.77. The molecule has 4 rings (SSSR count). The highest BCUT2D eigenvalue weighted by Crippen LogP contribution is 2.34. The minimum atomic E-state index is -0.809. The second kappa shape index (κ2) is 6.01. The molecule has 2 aliphatic heterocycles. The van der Waals surface area contributed by atoms with Crippen LogP contribution >= 0.6 is 0 Å². The number of fused-ring (bicyclic) bond motifs is 2. The van der Waals surface area contributed by atoms with E-state index in [4.69, 9.17) is 0 Å². The molecule has 8 nitrogen and oxygen atoms in total. The third-order valence-corrected chi connectivity index (χ3v) is 4.94. The lowest BCUT2D eigenvalue weighted by Crippen LogP contribution is -2.45. The molecular weight excluding hydrogens is 350 g/mol. The summed E-state index contributed by atoms with van der Waals surface area (Å²) < 4.78 is 0. The number of hydrogen-bond donors (Lipinski definition) is 0. The molecule has 2 aromatic rings. The van der Waals surface area contributed by atoms with E-state index in [9.17, 15) is 24.5 Å². The first-order valence-corrected chi connectivity index (χ1v) is 8.43. The third-order valence-electron chi connectivity index (χ3n) is 4.94. The van der Waals surface area contributed by atoms with Gasteiger partial charge in [-0.1, -0.05) is 24.3 Å². The van der Waals surface area contributed by atoms with Crippen molar-refractivity contribution in [3.8, 4) is 0 Å². The Kier molecular flexibility index (Phi) is 3.76. The van der Waals surface area contributed by atoms with Crippen molar-refractivity contribution in [1.29, 1.82) is 0 Å². The van der Waals surface area contributed by atoms with Gasteiger partial charge < -0.3 is 4.90 Å². The Morgan fingerprint density at radius 1 is 1.15 bits per heavy atom. The minimum Gasteiger partial charge on any atom is -0.307 e. The standard InChI is InChI=1S/C19H15N3O5/c1-11-9-12-5-2-3-7-14(12)21(11)16(23)10-20-18(24)13-6-4-8-15(22(26)27)17(13)19(20)25/h2-8,11H,9-10H2,1H3. The number of hydrogen-bond acceptors (Lipinski definition) is 5. The number of nitrogens with zero attached hydrogens (tertiary/aromatic N) is 3. The molecule has 0 aromatic heterocycles. The maximum atomic E-state index is 12.9. The summed E-state index contributed by atoms with van der Waals surface area (Å²) in [6.07, 6.45) is 0.690. The molecule has 1 unspecified atom stereocenters. The van der Waals surface area contributed by atoms with Crippen LogP contribution in [-0.4, -0.2) is 40.1 Å². The zero-order valence-corrected chi connectivity index (χ0v) is 14.4. The monoisotopic (exact) mass is 365 g/mol. The number of carbonyl (C=O) groups excluding carboxylic acids is 3. The predicted octanol–water partition coefficient (Wildman–Crippen LogP) is 2.17. The van der Waals surface area contributed by atoms with E-state index in [0.29, 0.717) is 6.42 Å². The summed E-state index contributed by atoms with van der Waals surface area (Å²) in [7, 11) is 0. The lowest BCUT2D eigenvalue weighted by Gasteiger charge is -2.25. The van der Waals surface area contributed by atoms with Crippen molar-refractivity contribution in [2.75, 3.05) is 11.4 Å². The number of anilines is 1. The Hall–Kier alpha value is -3.55. The molecule has 2 aromatic carbocycles. The molecule has 0 saturated carbocycles. The number of imide groups is 1. The van der Waals surface area contributed by atoms with E-state index in [1.54, 1.807) is 4.90 Å². The van der Waals surface area contributed by atoms with E-state index in [1.165, 1.54) is 18.2 Å². The van der Waals surface area contributed by atoms with Crippen molar-refractivity contribution in [3.05, 3.63) is 69.3 Å². The number of carbonyl (C=O) groups is 3. The fourth-order valence-electron chi connectivity index (χ4n) is 3.77. The number of benzene rings is 2. The quantitative estimate of drug-likeness (QED) is 0.471. The van der Waals surface area contributed by atoms with Gasteiger partial charge in [0.25, 0.3) is 17.5 Å². The Balaban J connectivity index is 1.64. The second-order valence-electron chi connectivity index (χ2n) is 6.60. The molecule has 0 aliphatic carbocycles. The van der Waals surface area contributed by atoms with Gasteiger partial charge in [0.1, 0.15) is 12.1 Å². The van der Waals surface area contributed by atoms with Gasteiger partial charge in [-0.15, -0.1) is 0 Å². The van der Waals surface area contributed by atoms with E-state index in [-0.39, 0.29) is 17.2 Å². The lowest BCUT2D eigenvalue weighted by atomic mass is 10.1. The van der Waals surface area contributed by atoms with Crippen LogP contribution in [0.4, 0.5) is 11.4 Å². The summed E-state index contributed by atoms with van der Waals surface area (Å²) in [5, 5.41) is 11.2.